The molecule has 8 heteroatoms. The molecule has 32 heavy (non-hydrogen) atoms. The van der Waals surface area contributed by atoms with Crippen molar-refractivity contribution in [1.29, 1.82) is 0 Å². The van der Waals surface area contributed by atoms with E-state index in [1.165, 1.54) is 30.7 Å². The Morgan fingerprint density at radius 2 is 1.75 bits per heavy atom. The van der Waals surface area contributed by atoms with Gasteiger partial charge in [-0.1, -0.05) is 42.6 Å². The molecule has 0 bridgehead atoms. The average molecular weight is 469 g/mol. The summed E-state index contributed by atoms with van der Waals surface area (Å²) < 4.78 is 53.4. The zero-order valence-electron chi connectivity index (χ0n) is 17.5. The molecule has 172 valence electrons. The van der Waals surface area contributed by atoms with Crippen molar-refractivity contribution in [3.8, 4) is 0 Å². The van der Waals surface area contributed by atoms with E-state index in [9.17, 15) is 22.4 Å². The van der Waals surface area contributed by atoms with Crippen LogP contribution in [0.3, 0.4) is 0 Å². The van der Waals surface area contributed by atoms with Crippen LogP contribution < -0.4 is 5.32 Å². The first-order valence-corrected chi connectivity index (χ1v) is 11.3. The Morgan fingerprint density at radius 3 is 2.47 bits per heavy atom. The summed E-state index contributed by atoms with van der Waals surface area (Å²) >= 11 is 5.99. The van der Waals surface area contributed by atoms with Crippen LogP contribution in [0.25, 0.3) is 0 Å². The Labute approximate surface area is 189 Å². The molecule has 0 aromatic heterocycles. The minimum atomic E-state index is -4.66. The van der Waals surface area contributed by atoms with Crippen LogP contribution in [0.4, 0.5) is 17.6 Å². The summed E-state index contributed by atoms with van der Waals surface area (Å²) in [5.74, 6) is -1.06. The number of benzene rings is 2. The first-order valence-electron chi connectivity index (χ1n) is 10.9. The van der Waals surface area contributed by atoms with Gasteiger partial charge in [-0.2, -0.15) is 13.2 Å². The first-order chi connectivity index (χ1) is 15.3. The number of alkyl halides is 3. The highest BCUT2D eigenvalue weighted by Gasteiger charge is 2.39. The lowest BCUT2D eigenvalue weighted by atomic mass is 9.84. The second kappa shape index (κ2) is 9.40. The smallest absolute Gasteiger partial charge is 0.344 e. The van der Waals surface area contributed by atoms with Crippen molar-refractivity contribution < 1.29 is 22.4 Å². The van der Waals surface area contributed by atoms with E-state index in [0.29, 0.717) is 6.04 Å². The van der Waals surface area contributed by atoms with E-state index in [1.807, 2.05) is 0 Å². The van der Waals surface area contributed by atoms with E-state index in [1.54, 1.807) is 12.1 Å². The second-order valence-electron chi connectivity index (χ2n) is 8.55. The van der Waals surface area contributed by atoms with Crippen molar-refractivity contribution in [2.75, 3.05) is 6.54 Å². The van der Waals surface area contributed by atoms with Crippen molar-refractivity contribution in [3.63, 3.8) is 0 Å². The van der Waals surface area contributed by atoms with E-state index in [-0.39, 0.29) is 17.4 Å². The third kappa shape index (κ3) is 4.79. The molecule has 0 saturated carbocycles. The van der Waals surface area contributed by atoms with Gasteiger partial charge >= 0.3 is 6.18 Å². The molecular weight excluding hydrogens is 444 g/mol. The van der Waals surface area contributed by atoms with Crippen molar-refractivity contribution in [2.24, 2.45) is 0 Å². The van der Waals surface area contributed by atoms with E-state index >= 15 is 0 Å². The zero-order chi connectivity index (χ0) is 22.9. The minimum Gasteiger partial charge on any atom is -0.344 e. The van der Waals surface area contributed by atoms with Crippen LogP contribution in [0.1, 0.15) is 66.1 Å². The molecule has 3 unspecified atom stereocenters. The van der Waals surface area contributed by atoms with Crippen LogP contribution in [-0.2, 0) is 6.18 Å². The molecule has 2 saturated heterocycles. The van der Waals surface area contributed by atoms with Gasteiger partial charge in [-0.3, -0.25) is 9.69 Å². The molecule has 0 aliphatic carbocycles. The average Bonchev–Trinajstić information content (AvgIpc) is 2.77. The van der Waals surface area contributed by atoms with Gasteiger partial charge < -0.3 is 5.32 Å². The Morgan fingerprint density at radius 1 is 1.03 bits per heavy atom. The Kier molecular flexibility index (Phi) is 6.77. The second-order valence-corrected chi connectivity index (χ2v) is 8.93. The largest absolute Gasteiger partial charge is 0.417 e. The SMILES string of the molecule is O=C(NC(c1ccc(F)cc1)C1CCCC2CCCCN21)c1cccc(C(F)(F)F)c1Cl. The topological polar surface area (TPSA) is 32.3 Å². The van der Waals surface area contributed by atoms with Crippen LogP contribution >= 0.6 is 11.6 Å². The summed E-state index contributed by atoms with van der Waals surface area (Å²) in [4.78, 5) is 15.6. The molecule has 2 heterocycles. The molecule has 1 amide bonds. The molecule has 0 spiro atoms. The number of nitrogens with zero attached hydrogens (tertiary/aromatic N) is 1. The number of carbonyl (C=O) groups is 1. The van der Waals surface area contributed by atoms with Crippen LogP contribution in [0.15, 0.2) is 42.5 Å². The van der Waals surface area contributed by atoms with Crippen molar-refractivity contribution in [3.05, 3.63) is 70.0 Å². The first kappa shape index (κ1) is 23.1. The maximum Gasteiger partial charge on any atom is 0.417 e. The standard InChI is InChI=1S/C24H25ClF4N2O/c25-21-18(7-4-8-19(21)24(27,28)29)23(32)30-22(15-10-12-16(26)13-11-15)20-9-3-6-17-5-1-2-14-31(17)20/h4,7-8,10-13,17,20,22H,1-3,5-6,9,14H2,(H,30,32). The molecule has 2 aromatic carbocycles. The molecular formula is C24H25ClF4N2O. The third-order valence-corrected chi connectivity index (χ3v) is 6.99. The normalized spacial score (nSPS) is 22.8. The van der Waals surface area contributed by atoms with Crippen LogP contribution in [0.5, 0.6) is 0 Å². The number of hydrogen-bond donors (Lipinski definition) is 1. The molecule has 3 atom stereocenters. The Hall–Kier alpha value is -2.12. The Balaban J connectivity index is 1.67. The monoisotopic (exact) mass is 468 g/mol. The molecule has 0 radical (unpaired) electrons. The fourth-order valence-corrected chi connectivity index (χ4v) is 5.39. The number of hydrogen-bond acceptors (Lipinski definition) is 2. The van der Waals surface area contributed by atoms with Gasteiger partial charge in [-0.15, -0.1) is 0 Å². The fourth-order valence-electron chi connectivity index (χ4n) is 5.07. The summed E-state index contributed by atoms with van der Waals surface area (Å²) in [6.07, 6.45) is 1.62. The van der Waals surface area contributed by atoms with E-state index in [0.717, 1.165) is 50.3 Å². The summed E-state index contributed by atoms with van der Waals surface area (Å²) in [7, 11) is 0. The lowest BCUT2D eigenvalue weighted by molar-refractivity contribution is -0.137. The lowest BCUT2D eigenvalue weighted by Crippen LogP contribution is -2.54. The summed E-state index contributed by atoms with van der Waals surface area (Å²) in [6, 6.07) is 9.17. The van der Waals surface area contributed by atoms with E-state index in [4.69, 9.17) is 11.6 Å². The Bertz CT molecular complexity index is 961. The van der Waals surface area contributed by atoms with Crippen LogP contribution in [0, 0.1) is 5.82 Å². The van der Waals surface area contributed by atoms with E-state index < -0.39 is 28.7 Å². The lowest BCUT2D eigenvalue weighted by Gasteiger charge is -2.48. The van der Waals surface area contributed by atoms with Gasteiger partial charge in [0.2, 0.25) is 0 Å². The number of nitrogens with one attached hydrogen (secondary N) is 1. The van der Waals surface area contributed by atoms with Gasteiger partial charge in [-0.05, 0) is 62.1 Å². The highest BCUT2D eigenvalue weighted by Crippen LogP contribution is 2.38. The maximum atomic E-state index is 13.6. The van der Waals surface area contributed by atoms with Crippen LogP contribution in [0.2, 0.25) is 5.02 Å². The molecule has 2 aliphatic rings. The summed E-state index contributed by atoms with van der Waals surface area (Å²) in [5, 5.41) is 2.32. The fraction of sp³-hybridized carbons (Fsp3) is 0.458. The van der Waals surface area contributed by atoms with Gasteiger partial charge in [0.25, 0.3) is 5.91 Å². The molecule has 4 rings (SSSR count). The van der Waals surface area contributed by atoms with E-state index in [2.05, 4.69) is 10.2 Å². The summed E-state index contributed by atoms with van der Waals surface area (Å²) in [5.41, 5.74) is -0.544. The number of rotatable bonds is 4. The molecule has 2 aromatic rings. The predicted molar refractivity (Wildman–Crippen MR) is 115 cm³/mol. The number of fused-ring (bicyclic) bond motifs is 1. The number of amides is 1. The van der Waals surface area contributed by atoms with Crippen LogP contribution in [-0.4, -0.2) is 29.4 Å². The minimum absolute atomic E-state index is 0.0203. The van der Waals surface area contributed by atoms with Gasteiger partial charge in [0.05, 0.1) is 22.2 Å². The van der Waals surface area contributed by atoms with Gasteiger partial charge in [-0.25, -0.2) is 4.39 Å². The molecule has 1 N–H and O–H groups in total. The van der Waals surface area contributed by atoms with Gasteiger partial charge in [0.15, 0.2) is 0 Å². The third-order valence-electron chi connectivity index (χ3n) is 6.59. The molecule has 2 fully saturated rings. The van der Waals surface area contributed by atoms with Crippen molar-refractivity contribution >= 4 is 17.5 Å². The number of piperidine rings is 2. The molecule has 3 nitrogen and oxygen atoms in total. The predicted octanol–water partition coefficient (Wildman–Crippen LogP) is 6.38. The highest BCUT2D eigenvalue weighted by molar-refractivity contribution is 6.34. The quantitative estimate of drug-likeness (QED) is 0.528. The summed E-state index contributed by atoms with van der Waals surface area (Å²) in [6.45, 7) is 0.910. The van der Waals surface area contributed by atoms with Gasteiger partial charge in [0, 0.05) is 12.1 Å². The van der Waals surface area contributed by atoms with Crippen molar-refractivity contribution in [1.82, 2.24) is 10.2 Å². The van der Waals surface area contributed by atoms with Crippen molar-refractivity contribution in [2.45, 2.75) is 62.8 Å². The number of halogens is 5. The zero-order valence-corrected chi connectivity index (χ0v) is 18.2. The highest BCUT2D eigenvalue weighted by atomic mass is 35.5. The number of carbonyl (C=O) groups excluding carboxylic acids is 1. The molecule has 2 aliphatic heterocycles. The maximum absolute atomic E-state index is 13.6. The van der Waals surface area contributed by atoms with Gasteiger partial charge in [0.1, 0.15) is 5.82 Å².